The van der Waals surface area contributed by atoms with Gasteiger partial charge in [0, 0.05) is 44.1 Å². The Morgan fingerprint density at radius 2 is 1.89 bits per heavy atom. The van der Waals surface area contributed by atoms with Crippen molar-refractivity contribution < 1.29 is 9.90 Å². The minimum absolute atomic E-state index is 0.217. The molecule has 6 heteroatoms. The third-order valence-electron chi connectivity index (χ3n) is 4.91. The van der Waals surface area contributed by atoms with Crippen LogP contribution in [0.4, 0.5) is 0 Å². The van der Waals surface area contributed by atoms with Crippen LogP contribution in [0.1, 0.15) is 21.5 Å². The fraction of sp³-hybridized carbons (Fsp3) is 0.286. The Morgan fingerprint density at radius 3 is 2.74 bits per heavy atom. The van der Waals surface area contributed by atoms with Crippen molar-refractivity contribution in [1.82, 2.24) is 20.2 Å². The fourth-order valence-corrected chi connectivity index (χ4v) is 3.49. The van der Waals surface area contributed by atoms with Crippen LogP contribution in [0.5, 0.6) is 0 Å². The molecule has 138 valence electrons. The lowest BCUT2D eigenvalue weighted by Crippen LogP contribution is -2.42. The quantitative estimate of drug-likeness (QED) is 0.723. The topological polar surface area (TPSA) is 78.4 Å². The summed E-state index contributed by atoms with van der Waals surface area (Å²) in [4.78, 5) is 23.0. The lowest BCUT2D eigenvalue weighted by atomic mass is 10.00. The number of aliphatic hydroxyl groups is 1. The molecule has 0 saturated carbocycles. The molecule has 1 amide bonds. The summed E-state index contributed by atoms with van der Waals surface area (Å²) in [5.41, 5.74) is 4.65. The zero-order chi connectivity index (χ0) is 18.6. The zero-order valence-corrected chi connectivity index (χ0v) is 15.0. The second-order valence-corrected chi connectivity index (χ2v) is 6.88. The summed E-state index contributed by atoms with van der Waals surface area (Å²) in [7, 11) is 0. The first kappa shape index (κ1) is 17.6. The molecular formula is C21H22N4O2. The zero-order valence-electron chi connectivity index (χ0n) is 15.0. The highest BCUT2D eigenvalue weighted by Gasteiger charge is 2.19. The highest BCUT2D eigenvalue weighted by atomic mass is 16.3. The minimum Gasteiger partial charge on any atom is -0.390 e. The van der Waals surface area contributed by atoms with Crippen molar-refractivity contribution in [3.8, 4) is 0 Å². The lowest BCUT2D eigenvalue weighted by Gasteiger charge is -2.30. The van der Waals surface area contributed by atoms with Crippen molar-refractivity contribution >= 4 is 16.9 Å². The number of hydrogen-bond donors (Lipinski definition) is 2. The van der Waals surface area contributed by atoms with Gasteiger partial charge in [0.25, 0.3) is 5.91 Å². The van der Waals surface area contributed by atoms with Gasteiger partial charge in [-0.2, -0.15) is 0 Å². The number of carbonyl (C=O) groups excluding carboxylic acids is 1. The number of fused-ring (bicyclic) bond motifs is 2. The highest BCUT2D eigenvalue weighted by Crippen LogP contribution is 2.18. The van der Waals surface area contributed by atoms with Crippen LogP contribution >= 0.6 is 0 Å². The smallest absolute Gasteiger partial charge is 0.251 e. The van der Waals surface area contributed by atoms with Crippen molar-refractivity contribution in [3.05, 3.63) is 71.5 Å². The van der Waals surface area contributed by atoms with Crippen LogP contribution in [0.15, 0.2) is 54.9 Å². The first-order valence-corrected chi connectivity index (χ1v) is 9.15. The van der Waals surface area contributed by atoms with E-state index in [2.05, 4.69) is 38.4 Å². The summed E-state index contributed by atoms with van der Waals surface area (Å²) < 4.78 is 0. The molecule has 1 aliphatic heterocycles. The van der Waals surface area contributed by atoms with Gasteiger partial charge in [0.05, 0.1) is 17.1 Å². The predicted octanol–water partition coefficient (Wildman–Crippen LogP) is 1.78. The molecule has 2 heterocycles. The Labute approximate surface area is 157 Å². The summed E-state index contributed by atoms with van der Waals surface area (Å²) in [6.45, 7) is 2.52. The van der Waals surface area contributed by atoms with Gasteiger partial charge < -0.3 is 10.4 Å². The summed E-state index contributed by atoms with van der Waals surface area (Å²) in [5.74, 6) is -0.217. The number of hydrogen-bond acceptors (Lipinski definition) is 5. The average Bonchev–Trinajstić information content (AvgIpc) is 2.71. The van der Waals surface area contributed by atoms with Crippen molar-refractivity contribution in [2.75, 3.05) is 19.6 Å². The van der Waals surface area contributed by atoms with Crippen LogP contribution in [-0.4, -0.2) is 51.6 Å². The Kier molecular flexibility index (Phi) is 5.09. The van der Waals surface area contributed by atoms with Gasteiger partial charge in [-0.15, -0.1) is 0 Å². The number of β-amino-alcohol motifs (C(OH)–C–C–N with tert-alkyl or cyclic N) is 1. The molecule has 0 radical (unpaired) electrons. The van der Waals surface area contributed by atoms with Crippen LogP contribution in [0.25, 0.3) is 11.0 Å². The molecule has 3 aromatic rings. The van der Waals surface area contributed by atoms with Crippen molar-refractivity contribution in [1.29, 1.82) is 0 Å². The van der Waals surface area contributed by atoms with Crippen LogP contribution in [0, 0.1) is 0 Å². The average molecular weight is 362 g/mol. The number of nitrogens with one attached hydrogen (secondary N) is 1. The maximum absolute atomic E-state index is 12.4. The minimum atomic E-state index is -0.612. The molecule has 0 bridgehead atoms. The molecular weight excluding hydrogens is 340 g/mol. The molecule has 27 heavy (non-hydrogen) atoms. The van der Waals surface area contributed by atoms with Gasteiger partial charge in [0.2, 0.25) is 0 Å². The number of benzene rings is 2. The summed E-state index contributed by atoms with van der Waals surface area (Å²) in [5, 5.41) is 13.1. The van der Waals surface area contributed by atoms with Gasteiger partial charge in [-0.1, -0.05) is 24.3 Å². The second-order valence-electron chi connectivity index (χ2n) is 6.88. The van der Waals surface area contributed by atoms with Gasteiger partial charge in [-0.3, -0.25) is 19.7 Å². The molecule has 6 nitrogen and oxygen atoms in total. The maximum Gasteiger partial charge on any atom is 0.251 e. The van der Waals surface area contributed by atoms with Gasteiger partial charge in [0.15, 0.2) is 0 Å². The molecule has 0 aliphatic carbocycles. The standard InChI is InChI=1S/C21H22N4O2/c26-18(14-25-10-7-15-3-1-2-4-17(15)13-25)12-24-21(27)16-5-6-19-20(11-16)23-9-8-22-19/h1-6,8-9,11,18,26H,7,10,12-14H2,(H,24,27). The van der Waals surface area contributed by atoms with Crippen LogP contribution in [-0.2, 0) is 13.0 Å². The number of nitrogens with zero attached hydrogens (tertiary/aromatic N) is 3. The van der Waals surface area contributed by atoms with Crippen molar-refractivity contribution in [3.63, 3.8) is 0 Å². The van der Waals surface area contributed by atoms with E-state index >= 15 is 0 Å². The second kappa shape index (κ2) is 7.82. The summed E-state index contributed by atoms with van der Waals surface area (Å²) in [6.07, 6.45) is 3.61. The molecule has 1 unspecified atom stereocenters. The van der Waals surface area contributed by atoms with Crippen molar-refractivity contribution in [2.45, 2.75) is 19.1 Å². The van der Waals surface area contributed by atoms with E-state index in [-0.39, 0.29) is 12.5 Å². The first-order chi connectivity index (χ1) is 13.2. The molecule has 1 aromatic heterocycles. The van der Waals surface area contributed by atoms with E-state index in [1.165, 1.54) is 11.1 Å². The molecule has 0 fully saturated rings. The maximum atomic E-state index is 12.4. The third kappa shape index (κ3) is 4.13. The third-order valence-corrected chi connectivity index (χ3v) is 4.91. The lowest BCUT2D eigenvalue weighted by molar-refractivity contribution is 0.0842. The Balaban J connectivity index is 1.31. The molecule has 0 saturated heterocycles. The molecule has 2 aromatic carbocycles. The van der Waals surface area contributed by atoms with Gasteiger partial charge in [-0.25, -0.2) is 0 Å². The van der Waals surface area contributed by atoms with E-state index in [1.54, 1.807) is 30.6 Å². The highest BCUT2D eigenvalue weighted by molar-refractivity contribution is 5.97. The molecule has 0 spiro atoms. The summed E-state index contributed by atoms with van der Waals surface area (Å²) >= 11 is 0. The largest absolute Gasteiger partial charge is 0.390 e. The first-order valence-electron chi connectivity index (χ1n) is 9.15. The fourth-order valence-electron chi connectivity index (χ4n) is 3.49. The van der Waals surface area contributed by atoms with Crippen LogP contribution in [0.2, 0.25) is 0 Å². The number of amides is 1. The normalized spacial score (nSPS) is 15.3. The molecule has 1 aliphatic rings. The van der Waals surface area contributed by atoms with E-state index in [0.717, 1.165) is 25.0 Å². The molecule has 4 rings (SSSR count). The molecule has 2 N–H and O–H groups in total. The summed E-state index contributed by atoms with van der Waals surface area (Å²) in [6, 6.07) is 13.6. The SMILES string of the molecule is O=C(NCC(O)CN1CCc2ccccc2C1)c1ccc2nccnc2c1. The number of aromatic nitrogens is 2. The van der Waals surface area contributed by atoms with Crippen LogP contribution < -0.4 is 5.32 Å². The molecule has 1 atom stereocenters. The van der Waals surface area contributed by atoms with E-state index in [9.17, 15) is 9.90 Å². The van der Waals surface area contributed by atoms with E-state index < -0.39 is 6.10 Å². The van der Waals surface area contributed by atoms with E-state index in [4.69, 9.17) is 0 Å². The Hall–Kier alpha value is -2.83. The Morgan fingerprint density at radius 1 is 1.11 bits per heavy atom. The van der Waals surface area contributed by atoms with Crippen LogP contribution in [0.3, 0.4) is 0 Å². The number of carbonyl (C=O) groups is 1. The van der Waals surface area contributed by atoms with Gasteiger partial charge >= 0.3 is 0 Å². The monoisotopic (exact) mass is 362 g/mol. The van der Waals surface area contributed by atoms with Gasteiger partial charge in [-0.05, 0) is 35.7 Å². The number of rotatable bonds is 5. The van der Waals surface area contributed by atoms with Crippen molar-refractivity contribution in [2.24, 2.45) is 0 Å². The van der Waals surface area contributed by atoms with E-state index in [0.29, 0.717) is 17.6 Å². The van der Waals surface area contributed by atoms with E-state index in [1.807, 2.05) is 6.07 Å². The predicted molar refractivity (Wildman–Crippen MR) is 103 cm³/mol. The Bertz CT molecular complexity index is 960. The number of aliphatic hydroxyl groups excluding tert-OH is 1. The van der Waals surface area contributed by atoms with Gasteiger partial charge in [0.1, 0.15) is 0 Å².